The molecule has 0 radical (unpaired) electrons. The van der Waals surface area contributed by atoms with Gasteiger partial charge in [0.1, 0.15) is 11.5 Å². The zero-order valence-electron chi connectivity index (χ0n) is 30.2. The van der Waals surface area contributed by atoms with E-state index >= 15 is 0 Å². The number of aryl methyl sites for hydroxylation is 1. The third-order valence-electron chi connectivity index (χ3n) is 9.02. The maximum atomic E-state index is 13.7. The highest BCUT2D eigenvalue weighted by Crippen LogP contribution is 2.33. The van der Waals surface area contributed by atoms with Gasteiger partial charge < -0.3 is 35.2 Å². The molecular formula is C40H49Cl2N5O5. The molecular weight excluding hydrogens is 701 g/mol. The first-order valence-electron chi connectivity index (χ1n) is 17.1. The van der Waals surface area contributed by atoms with Crippen LogP contribution < -0.4 is 25.4 Å². The van der Waals surface area contributed by atoms with Crippen LogP contribution in [0.5, 0.6) is 11.5 Å². The minimum atomic E-state index is -0.310. The fourth-order valence-corrected chi connectivity index (χ4v) is 5.98. The van der Waals surface area contributed by atoms with Crippen molar-refractivity contribution in [1.29, 1.82) is 0 Å². The number of likely N-dealkylation sites (N-methyl/N-ethyl adjacent to an activating group) is 1. The normalized spacial score (nSPS) is 12.6. The van der Waals surface area contributed by atoms with E-state index in [0.29, 0.717) is 52.7 Å². The first kappa shape index (κ1) is 41.6. The van der Waals surface area contributed by atoms with E-state index in [9.17, 15) is 14.4 Å². The number of rotatable bonds is 13. The van der Waals surface area contributed by atoms with Crippen LogP contribution in [0, 0.1) is 6.92 Å². The Hall–Kier alpha value is -4.77. The van der Waals surface area contributed by atoms with Gasteiger partial charge in [0, 0.05) is 56.5 Å². The number of carbonyl (C=O) groups is 3. The fourth-order valence-electron chi connectivity index (χ4n) is 5.98. The largest absolute Gasteiger partial charge is 0.495 e. The van der Waals surface area contributed by atoms with E-state index in [2.05, 4.69) is 17.3 Å². The van der Waals surface area contributed by atoms with Gasteiger partial charge in [0.25, 0.3) is 11.8 Å². The smallest absolute Gasteiger partial charge is 0.258 e. The maximum Gasteiger partial charge on any atom is 0.258 e. The summed E-state index contributed by atoms with van der Waals surface area (Å²) in [7, 11) is 5.29. The van der Waals surface area contributed by atoms with Crippen LogP contribution in [-0.2, 0) is 4.79 Å². The summed E-state index contributed by atoms with van der Waals surface area (Å²) in [4.78, 5) is 45.5. The number of nitrogen functional groups attached to an aromatic ring is 1. The third kappa shape index (κ3) is 10.6. The molecule has 1 aliphatic rings. The minimum Gasteiger partial charge on any atom is -0.495 e. The number of halogens is 2. The lowest BCUT2D eigenvalue weighted by Crippen LogP contribution is -2.47. The number of hydrogen-bond acceptors (Lipinski definition) is 7. The molecule has 10 nitrogen and oxygen atoms in total. The predicted molar refractivity (Wildman–Crippen MR) is 214 cm³/mol. The topological polar surface area (TPSA) is 117 Å². The molecule has 3 amide bonds. The van der Waals surface area contributed by atoms with Crippen LogP contribution in [0.25, 0.3) is 11.1 Å². The highest BCUT2D eigenvalue weighted by molar-refractivity contribution is 6.10. The Morgan fingerprint density at radius 2 is 1.56 bits per heavy atom. The van der Waals surface area contributed by atoms with E-state index in [1.54, 1.807) is 48.3 Å². The first-order valence-corrected chi connectivity index (χ1v) is 17.1. The molecule has 12 heteroatoms. The summed E-state index contributed by atoms with van der Waals surface area (Å²) in [5, 5.41) is 2.95. The number of nitrogens with zero attached hydrogens (tertiary/aromatic N) is 3. The molecule has 4 aromatic carbocycles. The summed E-state index contributed by atoms with van der Waals surface area (Å²) in [6.45, 7) is 5.91. The standard InChI is InChI=1S/C40H47N5O5.2ClH/c1-28-13-20-35(37(26-28)50-25-9-5-6-12-38(46)45-23-21-43(2)22-24-45)44(3)40(48)30-16-19-34(36(27-30)49-4)42-39(47)33-11-8-7-10-32(33)29-14-17-31(41)18-15-29;;/h7-8,10-11,13-20,26-27H,5-6,9,12,21-25,41H2,1-4H3,(H,42,47);2*1H. The number of methoxy groups -OCH3 is 1. The van der Waals surface area contributed by atoms with Crippen molar-refractivity contribution in [2.24, 2.45) is 0 Å². The number of amides is 3. The Morgan fingerprint density at radius 1 is 0.846 bits per heavy atom. The highest BCUT2D eigenvalue weighted by atomic mass is 35.5. The molecule has 1 saturated heterocycles. The molecule has 1 aliphatic heterocycles. The van der Waals surface area contributed by atoms with E-state index in [0.717, 1.165) is 62.1 Å². The molecule has 0 spiro atoms. The summed E-state index contributed by atoms with van der Waals surface area (Å²) in [6, 6.07) is 25.4. The average Bonchev–Trinajstić information content (AvgIpc) is 3.13. The van der Waals surface area contributed by atoms with Gasteiger partial charge in [-0.3, -0.25) is 14.4 Å². The molecule has 1 heterocycles. The number of hydrogen-bond donors (Lipinski definition) is 2. The van der Waals surface area contributed by atoms with Crippen molar-refractivity contribution in [3.63, 3.8) is 0 Å². The van der Waals surface area contributed by atoms with Gasteiger partial charge in [-0.2, -0.15) is 0 Å². The van der Waals surface area contributed by atoms with E-state index in [-0.39, 0.29) is 42.5 Å². The zero-order valence-corrected chi connectivity index (χ0v) is 31.9. The second-order valence-electron chi connectivity index (χ2n) is 12.7. The summed E-state index contributed by atoms with van der Waals surface area (Å²) >= 11 is 0. The number of ether oxygens (including phenoxy) is 2. The predicted octanol–water partition coefficient (Wildman–Crippen LogP) is 7.34. The molecule has 4 aromatic rings. The Morgan fingerprint density at radius 3 is 2.27 bits per heavy atom. The quantitative estimate of drug-likeness (QED) is 0.109. The van der Waals surface area contributed by atoms with Crippen molar-refractivity contribution < 1.29 is 23.9 Å². The van der Waals surface area contributed by atoms with Crippen molar-refractivity contribution in [3.8, 4) is 22.6 Å². The van der Waals surface area contributed by atoms with Gasteiger partial charge in [-0.25, -0.2) is 0 Å². The van der Waals surface area contributed by atoms with Crippen molar-refractivity contribution >= 4 is 59.6 Å². The first-order chi connectivity index (χ1) is 24.1. The molecule has 0 saturated carbocycles. The highest BCUT2D eigenvalue weighted by Gasteiger charge is 2.21. The van der Waals surface area contributed by atoms with Crippen LogP contribution >= 0.6 is 24.8 Å². The number of nitrogens with one attached hydrogen (secondary N) is 1. The monoisotopic (exact) mass is 749 g/mol. The van der Waals surface area contributed by atoms with Crippen LogP contribution in [0.15, 0.2) is 84.9 Å². The molecule has 0 aliphatic carbocycles. The van der Waals surface area contributed by atoms with Crippen molar-refractivity contribution in [2.75, 3.05) is 69.9 Å². The lowest BCUT2D eigenvalue weighted by Gasteiger charge is -2.32. The Bertz CT molecular complexity index is 1810. The Balaban J connectivity index is 0.00000364. The second-order valence-corrected chi connectivity index (χ2v) is 12.7. The molecule has 0 atom stereocenters. The number of anilines is 3. The van der Waals surface area contributed by atoms with Crippen LogP contribution in [-0.4, -0.2) is 81.5 Å². The molecule has 0 aromatic heterocycles. The minimum absolute atomic E-state index is 0. The average molecular weight is 751 g/mol. The number of benzene rings is 4. The van der Waals surface area contributed by atoms with E-state index in [4.69, 9.17) is 15.2 Å². The number of nitrogens with two attached hydrogens (primary N) is 1. The summed E-state index contributed by atoms with van der Waals surface area (Å²) in [5.74, 6) is 0.631. The maximum absolute atomic E-state index is 13.7. The number of carbonyl (C=O) groups excluding carboxylic acids is 3. The molecule has 0 bridgehead atoms. The SMILES string of the molecule is COc1cc(C(=O)N(C)c2ccc(C)cc2OCCCCCC(=O)N2CCN(C)CC2)ccc1NC(=O)c1ccccc1-c1ccc(N)cc1.Cl.Cl. The van der Waals surface area contributed by atoms with Gasteiger partial charge in [-0.1, -0.05) is 36.4 Å². The van der Waals surface area contributed by atoms with Gasteiger partial charge in [0.05, 0.1) is 25.1 Å². The number of piperazine rings is 1. The van der Waals surface area contributed by atoms with Crippen LogP contribution in [0.1, 0.15) is 52.0 Å². The summed E-state index contributed by atoms with van der Waals surface area (Å²) < 4.78 is 11.8. The lowest BCUT2D eigenvalue weighted by atomic mass is 9.99. The zero-order chi connectivity index (χ0) is 35.6. The molecule has 3 N–H and O–H groups in total. The lowest BCUT2D eigenvalue weighted by molar-refractivity contribution is -0.132. The Labute approximate surface area is 319 Å². The molecule has 52 heavy (non-hydrogen) atoms. The summed E-state index contributed by atoms with van der Waals surface area (Å²) in [6.07, 6.45) is 3.06. The van der Waals surface area contributed by atoms with Gasteiger partial charge in [-0.15, -0.1) is 24.8 Å². The van der Waals surface area contributed by atoms with Gasteiger partial charge in [0.15, 0.2) is 0 Å². The fraction of sp³-hybridized carbons (Fsp3) is 0.325. The van der Waals surface area contributed by atoms with E-state index in [1.807, 2.05) is 60.4 Å². The third-order valence-corrected chi connectivity index (χ3v) is 9.02. The molecule has 5 rings (SSSR count). The molecule has 278 valence electrons. The van der Waals surface area contributed by atoms with Crippen molar-refractivity contribution in [1.82, 2.24) is 9.80 Å². The van der Waals surface area contributed by atoms with Crippen molar-refractivity contribution in [2.45, 2.75) is 32.6 Å². The van der Waals surface area contributed by atoms with Gasteiger partial charge in [0.2, 0.25) is 5.91 Å². The van der Waals surface area contributed by atoms with Crippen LogP contribution in [0.4, 0.5) is 17.1 Å². The number of unbranched alkanes of at least 4 members (excludes halogenated alkanes) is 2. The van der Waals surface area contributed by atoms with Gasteiger partial charge in [-0.05, 0) is 98.5 Å². The van der Waals surface area contributed by atoms with E-state index in [1.165, 1.54) is 7.11 Å². The Kier molecular flexibility index (Phi) is 15.8. The summed E-state index contributed by atoms with van der Waals surface area (Å²) in [5.41, 5.74) is 11.1. The van der Waals surface area contributed by atoms with Crippen LogP contribution in [0.3, 0.4) is 0 Å². The van der Waals surface area contributed by atoms with Crippen molar-refractivity contribution in [3.05, 3.63) is 102 Å². The molecule has 0 unspecified atom stereocenters. The molecule has 1 fully saturated rings. The van der Waals surface area contributed by atoms with Crippen LogP contribution in [0.2, 0.25) is 0 Å². The second kappa shape index (κ2) is 19.7. The van der Waals surface area contributed by atoms with Gasteiger partial charge >= 0.3 is 0 Å². The van der Waals surface area contributed by atoms with E-state index < -0.39 is 0 Å².